The number of nitrogens with zero attached hydrogens (tertiary/aromatic N) is 12. The maximum Gasteiger partial charge on any atom is 1.00 e. The van der Waals surface area contributed by atoms with Gasteiger partial charge in [0, 0.05) is 50.9 Å². The molecule has 6 aromatic rings. The molecule has 2 aromatic heterocycles. The van der Waals surface area contributed by atoms with Gasteiger partial charge in [-0.3, -0.25) is 0 Å². The Bertz CT molecular complexity index is 2340. The Morgan fingerprint density at radius 1 is 0.382 bits per heavy atom. The van der Waals surface area contributed by atoms with Gasteiger partial charge in [0.15, 0.2) is 0 Å². The second-order valence-corrected chi connectivity index (χ2v) is 15.1. The van der Waals surface area contributed by atoms with Crippen LogP contribution in [0.15, 0.2) is 97.1 Å². The molecule has 328 valence electrons. The van der Waals surface area contributed by atoms with E-state index in [1.807, 2.05) is 0 Å². The fourth-order valence-corrected chi connectivity index (χ4v) is 6.84. The van der Waals surface area contributed by atoms with E-state index in [4.69, 9.17) is 0 Å². The SMILES string of the molecule is CN(C)c1nc2nc(n1)N(CC(=O)[O-])c1ccc(cc1)Cc1ccc(cc1)N(CC(=O)[O-])c1nc(N(C)C)nc(n1)N(CC(=O)[O-])c1ccc(cc1)Cc1ccc(cc1)N2CC(=O)[O-].[Na+].[Na+].[Na+].[Na+]. The molecule has 0 saturated heterocycles. The van der Waals surface area contributed by atoms with Crippen molar-refractivity contribution >= 4 is 82.3 Å². The zero-order chi connectivity index (χ0) is 45.7. The van der Waals surface area contributed by atoms with Crippen molar-refractivity contribution in [3.05, 3.63) is 119 Å². The minimum Gasteiger partial charge on any atom is -0.548 e. The summed E-state index contributed by atoms with van der Waals surface area (Å²) < 4.78 is 0. The number of aliphatic carboxylic acids is 4. The number of rotatable bonds is 10. The van der Waals surface area contributed by atoms with Crippen LogP contribution in [0.25, 0.3) is 0 Å². The minimum absolute atomic E-state index is 0. The molecule has 24 heteroatoms. The van der Waals surface area contributed by atoms with Gasteiger partial charge in [-0.15, -0.1) is 0 Å². The number of anilines is 10. The van der Waals surface area contributed by atoms with Crippen molar-refractivity contribution in [2.75, 3.05) is 83.8 Å². The zero-order valence-electron chi connectivity index (χ0n) is 39.1. The van der Waals surface area contributed by atoms with Gasteiger partial charge < -0.3 is 69.0 Å². The van der Waals surface area contributed by atoms with Gasteiger partial charge in [0.1, 0.15) is 0 Å². The van der Waals surface area contributed by atoms with Crippen molar-refractivity contribution in [3.63, 3.8) is 0 Å². The molecule has 68 heavy (non-hydrogen) atoms. The molecule has 0 spiro atoms. The minimum atomic E-state index is -1.42. The number of carbonyl (C=O) groups is 4. The third-order valence-corrected chi connectivity index (χ3v) is 9.92. The Hall–Kier alpha value is -4.42. The molecule has 13 rings (SSSR count). The van der Waals surface area contributed by atoms with E-state index in [0.29, 0.717) is 35.6 Å². The molecule has 7 aliphatic rings. The van der Waals surface area contributed by atoms with Gasteiger partial charge in [-0.25, -0.2) is 0 Å². The quantitative estimate of drug-likeness (QED) is 0.116. The van der Waals surface area contributed by atoms with Gasteiger partial charge in [-0.05, 0) is 83.6 Å². The average molecular weight is 957 g/mol. The zero-order valence-corrected chi connectivity index (χ0v) is 47.1. The topological polar surface area (TPSA) is 257 Å². The molecule has 7 aliphatic heterocycles. The molecular weight excluding hydrogens is 917 g/mol. The second-order valence-electron chi connectivity index (χ2n) is 15.1. The van der Waals surface area contributed by atoms with Crippen molar-refractivity contribution in [1.82, 2.24) is 29.9 Å². The summed E-state index contributed by atoms with van der Waals surface area (Å²) in [6, 6.07) is 27.9. The Morgan fingerprint density at radius 3 is 0.735 bits per heavy atom. The van der Waals surface area contributed by atoms with Crippen LogP contribution in [0.5, 0.6) is 0 Å². The van der Waals surface area contributed by atoms with Crippen LogP contribution in [-0.2, 0) is 32.0 Å². The molecule has 0 saturated carbocycles. The first-order valence-corrected chi connectivity index (χ1v) is 19.7. The Morgan fingerprint density at radius 2 is 0.574 bits per heavy atom. The van der Waals surface area contributed by atoms with Crippen LogP contribution in [0, 0.1) is 0 Å². The summed E-state index contributed by atoms with van der Waals surface area (Å²) in [4.78, 5) is 84.4. The van der Waals surface area contributed by atoms with Gasteiger partial charge in [0.2, 0.25) is 35.7 Å². The van der Waals surface area contributed by atoms with Crippen LogP contribution < -0.4 is 168 Å². The van der Waals surface area contributed by atoms with Crippen LogP contribution in [0.4, 0.5) is 58.4 Å². The van der Waals surface area contributed by atoms with Crippen molar-refractivity contribution in [2.24, 2.45) is 0 Å². The first-order valence-electron chi connectivity index (χ1n) is 19.7. The predicted octanol–water partition coefficient (Wildman–Crippen LogP) is -12.7. The maximum absolute atomic E-state index is 12.2. The molecule has 0 aliphatic carbocycles. The van der Waals surface area contributed by atoms with Gasteiger partial charge in [0.25, 0.3) is 0 Å². The molecular formula is C44H40N12Na4O8. The predicted molar refractivity (Wildman–Crippen MR) is 228 cm³/mol. The molecule has 9 heterocycles. The number of benzene rings is 4. The van der Waals surface area contributed by atoms with E-state index < -0.39 is 50.1 Å². The van der Waals surface area contributed by atoms with Gasteiger partial charge in [-0.2, -0.15) is 29.9 Å². The van der Waals surface area contributed by atoms with Crippen molar-refractivity contribution in [2.45, 2.75) is 12.8 Å². The van der Waals surface area contributed by atoms with Gasteiger partial charge in [-0.1, -0.05) is 48.5 Å². The Kier molecular flexibility index (Phi) is 22.1. The monoisotopic (exact) mass is 956 g/mol. The van der Waals surface area contributed by atoms with E-state index in [0.717, 1.165) is 22.3 Å². The van der Waals surface area contributed by atoms with E-state index in [1.54, 1.807) is 135 Å². The van der Waals surface area contributed by atoms with E-state index >= 15 is 0 Å². The fraction of sp³-hybridized carbons (Fsp3) is 0.227. The standard InChI is InChI=1S/C44H44N12O8.4Na/c1-51(2)39-45-41-49-42(46-39)54(24-36(59)60)32-15-7-28(8-16-32)22-30-11-19-34(20-12-30)56(26-38(63)64)44-48-40(52(3)4)47-43(50-44)55(25-37(61)62)33-17-9-29(10-18-33)21-27-5-13-31(14-6-27)53(41)23-35(57)58;;;;/h5-20H,21-26H2,1-4H3,(H,57,58)(H,59,60)(H,61,62)(H,63,64);;;;/q;4*+1/p-4. The summed E-state index contributed by atoms with van der Waals surface area (Å²) in [6.45, 7) is -2.60. The largest absolute Gasteiger partial charge is 1.00 e. The van der Waals surface area contributed by atoms with Crippen LogP contribution in [0.2, 0.25) is 0 Å². The Labute approximate surface area is 480 Å². The molecule has 0 fully saturated rings. The van der Waals surface area contributed by atoms with Crippen molar-refractivity contribution in [1.29, 1.82) is 0 Å². The molecule has 4 aromatic carbocycles. The summed E-state index contributed by atoms with van der Waals surface area (Å²) in [5, 5.41) is 48.7. The number of carbonyl (C=O) groups excluding carboxylic acids is 4. The molecule has 0 amide bonds. The molecule has 0 N–H and O–H groups in total. The summed E-state index contributed by atoms with van der Waals surface area (Å²) in [6.07, 6.45) is 0.827. The van der Waals surface area contributed by atoms with Crippen LogP contribution in [0.1, 0.15) is 22.3 Å². The van der Waals surface area contributed by atoms with Gasteiger partial charge in [0.05, 0.1) is 50.1 Å². The third kappa shape index (κ3) is 14.8. The summed E-state index contributed by atoms with van der Waals surface area (Å²) in [5.74, 6) is -5.78. The van der Waals surface area contributed by atoms with E-state index in [-0.39, 0.29) is 154 Å². The summed E-state index contributed by atoms with van der Waals surface area (Å²) >= 11 is 0. The molecule has 0 unspecified atom stereocenters. The summed E-state index contributed by atoms with van der Waals surface area (Å²) in [5.41, 5.74) is 4.91. The fourth-order valence-electron chi connectivity index (χ4n) is 6.84. The van der Waals surface area contributed by atoms with Crippen molar-refractivity contribution in [3.8, 4) is 0 Å². The first kappa shape index (κ1) is 57.9. The van der Waals surface area contributed by atoms with Crippen LogP contribution >= 0.6 is 0 Å². The average Bonchev–Trinajstić information content (AvgIpc) is 3.26. The van der Waals surface area contributed by atoms with Crippen LogP contribution in [-0.4, -0.2) is 108 Å². The number of carboxylic acids is 4. The van der Waals surface area contributed by atoms with Crippen LogP contribution in [0.3, 0.4) is 0 Å². The smallest absolute Gasteiger partial charge is 0.548 e. The van der Waals surface area contributed by atoms with Gasteiger partial charge >= 0.3 is 118 Å². The van der Waals surface area contributed by atoms with Crippen molar-refractivity contribution < 1.29 is 158 Å². The second kappa shape index (κ2) is 26.0. The molecule has 0 radical (unpaired) electrons. The normalized spacial score (nSPS) is 11.8. The summed E-state index contributed by atoms with van der Waals surface area (Å²) in [7, 11) is 6.70. The number of hydrogen-bond donors (Lipinski definition) is 0. The molecule has 12 bridgehead atoms. The van der Waals surface area contributed by atoms with E-state index in [1.165, 1.54) is 19.6 Å². The molecule has 20 nitrogen and oxygen atoms in total. The Balaban J connectivity index is 0.00000306. The maximum atomic E-state index is 12.2. The number of aromatic nitrogens is 6. The molecule has 0 atom stereocenters. The number of hydrogen-bond acceptors (Lipinski definition) is 20. The number of carboxylic acid groups (broad SMARTS) is 4. The first-order chi connectivity index (χ1) is 30.6. The van der Waals surface area contributed by atoms with E-state index in [9.17, 15) is 39.6 Å². The third-order valence-electron chi connectivity index (χ3n) is 9.92. The van der Waals surface area contributed by atoms with E-state index in [2.05, 4.69) is 29.9 Å².